The predicted octanol–water partition coefficient (Wildman–Crippen LogP) is 2.19. The number of esters is 1. The maximum atomic E-state index is 12.2. The second-order valence-corrected chi connectivity index (χ2v) is 5.35. The molecule has 1 aliphatic heterocycles. The SMILES string of the molecule is CCOC(=O)c1ccc(NC(=O)N2CCCC(C(=O)O)C2)cc1. The molecule has 2 rings (SSSR count). The number of carbonyl (C=O) groups excluding carboxylic acids is 2. The third-order valence-electron chi connectivity index (χ3n) is 3.71. The van der Waals surface area contributed by atoms with E-state index in [1.54, 1.807) is 31.2 Å². The molecule has 1 atom stereocenters. The number of carboxylic acid groups (broad SMARTS) is 1. The fourth-order valence-electron chi connectivity index (χ4n) is 2.47. The van der Waals surface area contributed by atoms with E-state index in [0.717, 1.165) is 0 Å². The second kappa shape index (κ2) is 7.62. The van der Waals surface area contributed by atoms with E-state index in [-0.39, 0.29) is 12.6 Å². The van der Waals surface area contributed by atoms with Gasteiger partial charge in [-0.05, 0) is 44.0 Å². The molecule has 1 aliphatic rings. The first-order valence-electron chi connectivity index (χ1n) is 7.57. The number of nitrogens with one attached hydrogen (secondary N) is 1. The summed E-state index contributed by atoms with van der Waals surface area (Å²) in [6.45, 7) is 2.78. The lowest BCUT2D eigenvalue weighted by molar-refractivity contribution is -0.143. The van der Waals surface area contributed by atoms with Crippen molar-refractivity contribution < 1.29 is 24.2 Å². The Labute approximate surface area is 134 Å². The Kier molecular flexibility index (Phi) is 5.56. The Balaban J connectivity index is 1.94. The van der Waals surface area contributed by atoms with Crippen molar-refractivity contribution in [3.8, 4) is 0 Å². The van der Waals surface area contributed by atoms with Crippen LogP contribution in [0.15, 0.2) is 24.3 Å². The molecule has 0 aromatic heterocycles. The summed E-state index contributed by atoms with van der Waals surface area (Å²) in [5.41, 5.74) is 0.953. The lowest BCUT2D eigenvalue weighted by atomic mass is 9.99. The number of carbonyl (C=O) groups is 3. The summed E-state index contributed by atoms with van der Waals surface area (Å²) in [6.07, 6.45) is 1.26. The molecule has 0 bridgehead atoms. The number of aliphatic carboxylic acids is 1. The van der Waals surface area contributed by atoms with E-state index in [0.29, 0.717) is 37.2 Å². The van der Waals surface area contributed by atoms with Crippen molar-refractivity contribution in [3.05, 3.63) is 29.8 Å². The van der Waals surface area contributed by atoms with Gasteiger partial charge >= 0.3 is 18.0 Å². The number of rotatable bonds is 4. The summed E-state index contributed by atoms with van der Waals surface area (Å²) >= 11 is 0. The molecule has 1 aromatic rings. The molecule has 1 saturated heterocycles. The van der Waals surface area contributed by atoms with Gasteiger partial charge in [-0.2, -0.15) is 0 Å². The molecular weight excluding hydrogens is 300 g/mol. The molecule has 23 heavy (non-hydrogen) atoms. The smallest absolute Gasteiger partial charge is 0.338 e. The van der Waals surface area contributed by atoms with Gasteiger partial charge < -0.3 is 20.1 Å². The fraction of sp³-hybridized carbons (Fsp3) is 0.438. The Morgan fingerprint density at radius 1 is 1.30 bits per heavy atom. The molecule has 7 nitrogen and oxygen atoms in total. The summed E-state index contributed by atoms with van der Waals surface area (Å²) in [7, 11) is 0. The third kappa shape index (κ3) is 4.45. The van der Waals surface area contributed by atoms with Crippen molar-refractivity contribution >= 4 is 23.7 Å². The highest BCUT2D eigenvalue weighted by Gasteiger charge is 2.28. The van der Waals surface area contributed by atoms with Crippen LogP contribution >= 0.6 is 0 Å². The second-order valence-electron chi connectivity index (χ2n) is 5.35. The van der Waals surface area contributed by atoms with Gasteiger partial charge in [0.25, 0.3) is 0 Å². The number of carboxylic acids is 1. The molecule has 0 saturated carbocycles. The molecule has 1 fully saturated rings. The van der Waals surface area contributed by atoms with Gasteiger partial charge in [-0.15, -0.1) is 0 Å². The van der Waals surface area contributed by atoms with Crippen LogP contribution in [0.1, 0.15) is 30.1 Å². The number of nitrogens with zero attached hydrogens (tertiary/aromatic N) is 1. The lowest BCUT2D eigenvalue weighted by Crippen LogP contribution is -2.44. The number of anilines is 1. The molecule has 1 unspecified atom stereocenters. The van der Waals surface area contributed by atoms with Crippen LogP contribution in [0.25, 0.3) is 0 Å². The fourth-order valence-corrected chi connectivity index (χ4v) is 2.47. The van der Waals surface area contributed by atoms with Crippen molar-refractivity contribution in [2.45, 2.75) is 19.8 Å². The maximum absolute atomic E-state index is 12.2. The number of ether oxygens (including phenoxy) is 1. The van der Waals surface area contributed by atoms with Crippen molar-refractivity contribution in [2.75, 3.05) is 25.0 Å². The van der Waals surface area contributed by atoms with Gasteiger partial charge in [0.2, 0.25) is 0 Å². The minimum atomic E-state index is -0.874. The van der Waals surface area contributed by atoms with E-state index in [1.807, 2.05) is 0 Å². The number of piperidine rings is 1. The molecule has 2 N–H and O–H groups in total. The van der Waals surface area contributed by atoms with Gasteiger partial charge in [0.15, 0.2) is 0 Å². The van der Waals surface area contributed by atoms with Crippen molar-refractivity contribution in [1.29, 1.82) is 0 Å². The summed E-state index contributed by atoms with van der Waals surface area (Å²) in [4.78, 5) is 36.3. The number of hydrogen-bond acceptors (Lipinski definition) is 4. The molecule has 2 amide bonds. The highest BCUT2D eigenvalue weighted by Crippen LogP contribution is 2.18. The van der Waals surface area contributed by atoms with Gasteiger partial charge in [0.05, 0.1) is 18.1 Å². The van der Waals surface area contributed by atoms with E-state index in [2.05, 4.69) is 5.32 Å². The molecule has 7 heteroatoms. The average Bonchev–Trinajstić information content (AvgIpc) is 2.55. The zero-order valence-corrected chi connectivity index (χ0v) is 12.9. The van der Waals surface area contributed by atoms with Crippen LogP contribution in [-0.2, 0) is 9.53 Å². The van der Waals surface area contributed by atoms with Crippen LogP contribution in [0, 0.1) is 5.92 Å². The number of hydrogen-bond donors (Lipinski definition) is 2. The Morgan fingerprint density at radius 3 is 2.61 bits per heavy atom. The number of benzene rings is 1. The van der Waals surface area contributed by atoms with Crippen LogP contribution in [0.4, 0.5) is 10.5 Å². The van der Waals surface area contributed by atoms with Crippen molar-refractivity contribution in [1.82, 2.24) is 4.90 Å². The first-order valence-corrected chi connectivity index (χ1v) is 7.57. The molecular formula is C16H20N2O5. The zero-order valence-electron chi connectivity index (χ0n) is 12.9. The van der Waals surface area contributed by atoms with Gasteiger partial charge in [0, 0.05) is 18.8 Å². The van der Waals surface area contributed by atoms with E-state index >= 15 is 0 Å². The molecule has 124 valence electrons. The maximum Gasteiger partial charge on any atom is 0.338 e. The van der Waals surface area contributed by atoms with Gasteiger partial charge in [-0.1, -0.05) is 0 Å². The Morgan fingerprint density at radius 2 is 2.00 bits per heavy atom. The highest BCUT2D eigenvalue weighted by atomic mass is 16.5. The first kappa shape index (κ1) is 16.8. The minimum absolute atomic E-state index is 0.210. The van der Waals surface area contributed by atoms with E-state index in [4.69, 9.17) is 9.84 Å². The highest BCUT2D eigenvalue weighted by molar-refractivity contribution is 5.92. The summed E-state index contributed by atoms with van der Waals surface area (Å²) in [5.74, 6) is -1.80. The number of likely N-dealkylation sites (tertiary alicyclic amines) is 1. The van der Waals surface area contributed by atoms with Crippen molar-refractivity contribution in [2.24, 2.45) is 5.92 Å². The topological polar surface area (TPSA) is 95.9 Å². The van der Waals surface area contributed by atoms with E-state index in [1.165, 1.54) is 4.90 Å². The predicted molar refractivity (Wildman–Crippen MR) is 83.4 cm³/mol. The molecule has 0 aliphatic carbocycles. The summed E-state index contributed by atoms with van der Waals surface area (Å²) in [6, 6.07) is 6.04. The van der Waals surface area contributed by atoms with Crippen molar-refractivity contribution in [3.63, 3.8) is 0 Å². The normalized spacial score (nSPS) is 17.4. The molecule has 1 aromatic carbocycles. The minimum Gasteiger partial charge on any atom is -0.481 e. The van der Waals surface area contributed by atoms with Gasteiger partial charge in [0.1, 0.15) is 0 Å². The summed E-state index contributed by atoms with van der Waals surface area (Å²) < 4.78 is 4.89. The van der Waals surface area contributed by atoms with Gasteiger partial charge in [-0.3, -0.25) is 4.79 Å². The molecule has 1 heterocycles. The molecule has 0 radical (unpaired) electrons. The van der Waals surface area contributed by atoms with Crippen LogP contribution in [-0.4, -0.2) is 47.7 Å². The monoisotopic (exact) mass is 320 g/mol. The molecule has 0 spiro atoms. The third-order valence-corrected chi connectivity index (χ3v) is 3.71. The van der Waals surface area contributed by atoms with Crippen LogP contribution in [0.2, 0.25) is 0 Å². The Bertz CT molecular complexity index is 585. The van der Waals surface area contributed by atoms with E-state index < -0.39 is 17.9 Å². The van der Waals surface area contributed by atoms with Crippen LogP contribution in [0.5, 0.6) is 0 Å². The Hall–Kier alpha value is -2.57. The summed E-state index contributed by atoms with van der Waals surface area (Å²) in [5, 5.41) is 11.8. The number of amides is 2. The van der Waals surface area contributed by atoms with Crippen LogP contribution in [0.3, 0.4) is 0 Å². The van der Waals surface area contributed by atoms with E-state index in [9.17, 15) is 14.4 Å². The average molecular weight is 320 g/mol. The largest absolute Gasteiger partial charge is 0.481 e. The lowest BCUT2D eigenvalue weighted by Gasteiger charge is -2.30. The standard InChI is InChI=1S/C16H20N2O5/c1-2-23-15(21)11-5-7-13(8-6-11)17-16(22)18-9-3-4-12(10-18)14(19)20/h5-8,12H,2-4,9-10H2,1H3,(H,17,22)(H,19,20). The van der Waals surface area contributed by atoms with Gasteiger partial charge in [-0.25, -0.2) is 9.59 Å². The quantitative estimate of drug-likeness (QED) is 0.829. The number of urea groups is 1. The van der Waals surface area contributed by atoms with Crippen LogP contribution < -0.4 is 5.32 Å². The zero-order chi connectivity index (χ0) is 16.8. The first-order chi connectivity index (χ1) is 11.0.